The van der Waals surface area contributed by atoms with Crippen LogP contribution in [0.1, 0.15) is 5.56 Å². The first-order valence-electron chi connectivity index (χ1n) is 6.96. The minimum absolute atomic E-state index is 0.308. The van der Waals surface area contributed by atoms with Crippen LogP contribution in [-0.2, 0) is 9.84 Å². The summed E-state index contributed by atoms with van der Waals surface area (Å²) in [6.45, 7) is 1.93. The molecule has 3 aromatic carbocycles. The number of sulfone groups is 1. The Morgan fingerprint density at radius 1 is 0.682 bits per heavy atom. The first kappa shape index (κ1) is 14.5. The zero-order valence-electron chi connectivity index (χ0n) is 12.2. The normalized spacial score (nSPS) is 11.3. The van der Waals surface area contributed by atoms with E-state index in [0.717, 1.165) is 16.7 Å². The summed E-state index contributed by atoms with van der Waals surface area (Å²) in [5.41, 5.74) is 3.06. The van der Waals surface area contributed by atoms with E-state index in [-0.39, 0.29) is 0 Å². The molecule has 0 saturated carbocycles. The number of benzene rings is 3. The largest absolute Gasteiger partial charge is 0.219 e. The van der Waals surface area contributed by atoms with Gasteiger partial charge in [-0.2, -0.15) is 0 Å². The Morgan fingerprint density at radius 3 is 1.68 bits per heavy atom. The number of hydrogen-bond acceptors (Lipinski definition) is 2. The third-order valence-corrected chi connectivity index (χ3v) is 5.33. The van der Waals surface area contributed by atoms with Gasteiger partial charge in [-0.3, -0.25) is 0 Å². The van der Waals surface area contributed by atoms with Crippen LogP contribution in [0.2, 0.25) is 0 Å². The molecule has 0 spiro atoms. The average Bonchev–Trinajstić information content (AvgIpc) is 2.56. The Kier molecular flexibility index (Phi) is 3.82. The van der Waals surface area contributed by atoms with Gasteiger partial charge in [0.25, 0.3) is 0 Å². The van der Waals surface area contributed by atoms with Crippen LogP contribution >= 0.6 is 0 Å². The maximum Gasteiger partial charge on any atom is 0.206 e. The monoisotopic (exact) mass is 307 g/mol. The number of aryl methyl sites for hydroxylation is 1. The number of hydrogen-bond donors (Lipinski definition) is 0. The molecule has 1 radical (unpaired) electrons. The molecule has 2 nitrogen and oxygen atoms in total. The van der Waals surface area contributed by atoms with Crippen molar-refractivity contribution in [3.8, 4) is 11.1 Å². The molecule has 0 atom stereocenters. The summed E-state index contributed by atoms with van der Waals surface area (Å²) in [5.74, 6) is 0. The molecule has 0 unspecified atom stereocenters. The minimum atomic E-state index is -3.46. The van der Waals surface area contributed by atoms with Gasteiger partial charge in [-0.1, -0.05) is 54.1 Å². The fraction of sp³-hybridized carbons (Fsp3) is 0.0526. The van der Waals surface area contributed by atoms with Gasteiger partial charge in [0.2, 0.25) is 9.84 Å². The average molecular weight is 307 g/mol. The standard InChI is InChI=1S/C19H15O2S/c1-15-7-11-18(12-8-15)22(20,21)19-13-9-17(10-14-19)16-5-3-2-4-6-16/h3-14H,1H3. The van der Waals surface area contributed by atoms with Crippen molar-refractivity contribution in [1.29, 1.82) is 0 Å². The molecule has 0 aromatic heterocycles. The summed E-state index contributed by atoms with van der Waals surface area (Å²) in [4.78, 5) is 0.628. The van der Waals surface area contributed by atoms with Gasteiger partial charge in [-0.15, -0.1) is 0 Å². The topological polar surface area (TPSA) is 34.1 Å². The van der Waals surface area contributed by atoms with Gasteiger partial charge in [-0.25, -0.2) is 8.42 Å². The lowest BCUT2D eigenvalue weighted by Gasteiger charge is -2.07. The highest BCUT2D eigenvalue weighted by Crippen LogP contribution is 2.25. The molecule has 3 rings (SSSR count). The van der Waals surface area contributed by atoms with E-state index < -0.39 is 9.84 Å². The maximum absolute atomic E-state index is 12.6. The molecule has 0 heterocycles. The van der Waals surface area contributed by atoms with E-state index in [9.17, 15) is 8.42 Å². The van der Waals surface area contributed by atoms with Gasteiger partial charge in [0.05, 0.1) is 9.79 Å². The van der Waals surface area contributed by atoms with Crippen LogP contribution in [0.15, 0.2) is 82.6 Å². The molecular weight excluding hydrogens is 292 g/mol. The van der Waals surface area contributed by atoms with E-state index in [4.69, 9.17) is 0 Å². The van der Waals surface area contributed by atoms with Gasteiger partial charge < -0.3 is 0 Å². The lowest BCUT2D eigenvalue weighted by molar-refractivity contribution is 0.596. The molecule has 0 amide bonds. The second-order valence-electron chi connectivity index (χ2n) is 5.13. The van der Waals surface area contributed by atoms with Gasteiger partial charge in [0.15, 0.2) is 0 Å². The first-order valence-corrected chi connectivity index (χ1v) is 8.44. The van der Waals surface area contributed by atoms with Gasteiger partial charge in [0, 0.05) is 0 Å². The molecule has 0 aliphatic carbocycles. The quantitative estimate of drug-likeness (QED) is 0.723. The molecule has 3 aromatic rings. The maximum atomic E-state index is 12.6. The Hall–Kier alpha value is -2.39. The molecule has 0 aliphatic heterocycles. The van der Waals surface area contributed by atoms with Gasteiger partial charge in [0.1, 0.15) is 0 Å². The Labute approximate surface area is 131 Å². The third kappa shape index (κ3) is 2.81. The third-order valence-electron chi connectivity index (χ3n) is 3.55. The summed E-state index contributed by atoms with van der Waals surface area (Å²) in [5, 5.41) is 0. The highest BCUT2D eigenvalue weighted by atomic mass is 32.2. The molecular formula is C19H15O2S. The molecule has 0 saturated heterocycles. The van der Waals surface area contributed by atoms with Crippen LogP contribution in [-0.4, -0.2) is 8.42 Å². The molecule has 22 heavy (non-hydrogen) atoms. The summed E-state index contributed by atoms with van der Waals surface area (Å²) in [7, 11) is -3.46. The van der Waals surface area contributed by atoms with Crippen molar-refractivity contribution in [2.75, 3.05) is 0 Å². The Morgan fingerprint density at radius 2 is 1.14 bits per heavy atom. The predicted octanol–water partition coefficient (Wildman–Crippen LogP) is 4.30. The van der Waals surface area contributed by atoms with E-state index in [1.807, 2.05) is 55.5 Å². The van der Waals surface area contributed by atoms with Crippen molar-refractivity contribution in [3.05, 3.63) is 84.4 Å². The zero-order valence-corrected chi connectivity index (χ0v) is 13.0. The molecule has 0 fully saturated rings. The fourth-order valence-electron chi connectivity index (χ4n) is 2.26. The van der Waals surface area contributed by atoms with Crippen molar-refractivity contribution in [2.45, 2.75) is 16.7 Å². The number of rotatable bonds is 3. The van der Waals surface area contributed by atoms with Crippen LogP contribution in [0.4, 0.5) is 0 Å². The van der Waals surface area contributed by atoms with Crippen molar-refractivity contribution < 1.29 is 8.42 Å². The van der Waals surface area contributed by atoms with Crippen molar-refractivity contribution >= 4 is 9.84 Å². The van der Waals surface area contributed by atoms with Gasteiger partial charge >= 0.3 is 0 Å². The van der Waals surface area contributed by atoms with Crippen LogP contribution in [0.5, 0.6) is 0 Å². The second-order valence-corrected chi connectivity index (χ2v) is 7.08. The van der Waals surface area contributed by atoms with Gasteiger partial charge in [-0.05, 0) is 48.4 Å². The van der Waals surface area contributed by atoms with E-state index in [1.54, 1.807) is 24.3 Å². The summed E-state index contributed by atoms with van der Waals surface area (Å²) in [6.07, 6.45) is 0. The lowest BCUT2D eigenvalue weighted by atomic mass is 10.1. The molecule has 109 valence electrons. The second kappa shape index (κ2) is 5.78. The van der Waals surface area contributed by atoms with Crippen LogP contribution in [0.25, 0.3) is 11.1 Å². The van der Waals surface area contributed by atoms with Crippen LogP contribution in [0, 0.1) is 13.0 Å². The predicted molar refractivity (Wildman–Crippen MR) is 87.3 cm³/mol. The van der Waals surface area contributed by atoms with Crippen molar-refractivity contribution in [2.24, 2.45) is 0 Å². The molecule has 0 aliphatic rings. The smallest absolute Gasteiger partial charge is 0.206 e. The zero-order chi connectivity index (χ0) is 15.6. The molecule has 0 N–H and O–H groups in total. The minimum Gasteiger partial charge on any atom is -0.219 e. The van der Waals surface area contributed by atoms with Crippen LogP contribution in [0.3, 0.4) is 0 Å². The highest BCUT2D eigenvalue weighted by Gasteiger charge is 2.17. The summed E-state index contributed by atoms with van der Waals surface area (Å²) in [6, 6.07) is 24.4. The highest BCUT2D eigenvalue weighted by molar-refractivity contribution is 7.91. The van der Waals surface area contributed by atoms with Crippen molar-refractivity contribution in [3.63, 3.8) is 0 Å². The van der Waals surface area contributed by atoms with E-state index >= 15 is 0 Å². The van der Waals surface area contributed by atoms with Crippen molar-refractivity contribution in [1.82, 2.24) is 0 Å². The SMILES string of the molecule is Cc1ccc(S(=O)(=O)c2ccc(-c3cc[c]cc3)cc2)cc1. The molecule has 3 heteroatoms. The van der Waals surface area contributed by atoms with E-state index in [2.05, 4.69) is 6.07 Å². The van der Waals surface area contributed by atoms with Crippen LogP contribution < -0.4 is 0 Å². The summed E-state index contributed by atoms with van der Waals surface area (Å²) >= 11 is 0. The Balaban J connectivity index is 1.97. The lowest BCUT2D eigenvalue weighted by Crippen LogP contribution is -2.01. The fourth-order valence-corrected chi connectivity index (χ4v) is 3.52. The Bertz CT molecular complexity index is 863. The first-order chi connectivity index (χ1) is 10.6. The van der Waals surface area contributed by atoms with E-state index in [0.29, 0.717) is 9.79 Å². The summed E-state index contributed by atoms with van der Waals surface area (Å²) < 4.78 is 25.2. The molecule has 0 bridgehead atoms. The van der Waals surface area contributed by atoms with E-state index in [1.165, 1.54) is 0 Å².